The lowest BCUT2D eigenvalue weighted by atomic mass is 10.2. The zero-order valence-electron chi connectivity index (χ0n) is 9.44. The Labute approximate surface area is 109 Å². The minimum Gasteiger partial charge on any atom is -0.380 e. The number of nitrogens with zero attached hydrogens (tertiary/aromatic N) is 1. The van der Waals surface area contributed by atoms with Gasteiger partial charge in [0.2, 0.25) is 0 Å². The van der Waals surface area contributed by atoms with Crippen LogP contribution in [-0.4, -0.2) is 12.1 Å². The molecule has 0 aliphatic carbocycles. The molecule has 0 aliphatic heterocycles. The number of thiazole rings is 1. The predicted molar refractivity (Wildman–Crippen MR) is 71.6 cm³/mol. The van der Waals surface area contributed by atoms with E-state index >= 15 is 0 Å². The van der Waals surface area contributed by atoms with Crippen molar-refractivity contribution < 1.29 is 4.74 Å². The van der Waals surface area contributed by atoms with E-state index in [4.69, 9.17) is 16.3 Å². The molecule has 5 heteroatoms. The highest BCUT2D eigenvalue weighted by Gasteiger charge is 2.03. The van der Waals surface area contributed by atoms with Crippen LogP contribution in [0.25, 0.3) is 0 Å². The van der Waals surface area contributed by atoms with Gasteiger partial charge in [0.1, 0.15) is 9.34 Å². The number of benzene rings is 1. The Morgan fingerprint density at radius 1 is 1.41 bits per heavy atom. The molecule has 0 amide bonds. The number of hydrogen-bond donors (Lipinski definition) is 1. The SMILES string of the molecule is COCc1ccccc1NCc1ncc(Cl)s1. The smallest absolute Gasteiger partial charge is 0.113 e. The highest BCUT2D eigenvalue weighted by Crippen LogP contribution is 2.21. The van der Waals surface area contributed by atoms with Crippen LogP contribution in [0.5, 0.6) is 0 Å². The van der Waals surface area contributed by atoms with Crippen molar-refractivity contribution >= 4 is 28.6 Å². The van der Waals surface area contributed by atoms with Crippen molar-refractivity contribution in [2.24, 2.45) is 0 Å². The number of hydrogen-bond acceptors (Lipinski definition) is 4. The number of anilines is 1. The third-order valence-corrected chi connectivity index (χ3v) is 3.39. The van der Waals surface area contributed by atoms with Gasteiger partial charge < -0.3 is 10.1 Å². The van der Waals surface area contributed by atoms with Crippen LogP contribution in [0.15, 0.2) is 30.5 Å². The zero-order chi connectivity index (χ0) is 12.1. The Bertz CT molecular complexity index is 487. The van der Waals surface area contributed by atoms with Gasteiger partial charge in [-0.25, -0.2) is 4.98 Å². The molecule has 0 bridgehead atoms. The maximum Gasteiger partial charge on any atom is 0.113 e. The van der Waals surface area contributed by atoms with Crippen LogP contribution < -0.4 is 5.32 Å². The molecule has 90 valence electrons. The highest BCUT2D eigenvalue weighted by molar-refractivity contribution is 7.15. The first-order valence-electron chi connectivity index (χ1n) is 5.20. The summed E-state index contributed by atoms with van der Waals surface area (Å²) < 4.78 is 5.87. The van der Waals surface area contributed by atoms with Crippen molar-refractivity contribution in [2.75, 3.05) is 12.4 Å². The summed E-state index contributed by atoms with van der Waals surface area (Å²) in [6.45, 7) is 1.28. The van der Waals surface area contributed by atoms with Crippen LogP contribution in [-0.2, 0) is 17.9 Å². The van der Waals surface area contributed by atoms with Gasteiger partial charge in [0, 0.05) is 18.4 Å². The first-order chi connectivity index (χ1) is 8.29. The number of methoxy groups -OCH3 is 1. The fourth-order valence-corrected chi connectivity index (χ4v) is 2.41. The molecule has 0 saturated carbocycles. The average molecular weight is 269 g/mol. The van der Waals surface area contributed by atoms with Gasteiger partial charge >= 0.3 is 0 Å². The molecule has 0 aliphatic rings. The van der Waals surface area contributed by atoms with E-state index in [0.29, 0.717) is 17.5 Å². The van der Waals surface area contributed by atoms with Gasteiger partial charge in [-0.2, -0.15) is 0 Å². The summed E-state index contributed by atoms with van der Waals surface area (Å²) in [5, 5.41) is 4.31. The van der Waals surface area contributed by atoms with E-state index in [2.05, 4.69) is 10.3 Å². The van der Waals surface area contributed by atoms with E-state index in [1.165, 1.54) is 11.3 Å². The fourth-order valence-electron chi connectivity index (χ4n) is 1.51. The first kappa shape index (κ1) is 12.4. The number of para-hydroxylation sites is 1. The Balaban J connectivity index is 2.03. The molecule has 0 atom stereocenters. The summed E-state index contributed by atoms with van der Waals surface area (Å²) in [7, 11) is 1.69. The summed E-state index contributed by atoms with van der Waals surface area (Å²) in [4.78, 5) is 4.20. The van der Waals surface area contributed by atoms with E-state index in [1.807, 2.05) is 24.3 Å². The molecule has 1 heterocycles. The lowest BCUT2D eigenvalue weighted by Crippen LogP contribution is -2.02. The summed E-state index contributed by atoms with van der Waals surface area (Å²) in [6, 6.07) is 8.07. The molecule has 17 heavy (non-hydrogen) atoms. The number of halogens is 1. The lowest BCUT2D eigenvalue weighted by Gasteiger charge is -2.09. The first-order valence-corrected chi connectivity index (χ1v) is 6.40. The quantitative estimate of drug-likeness (QED) is 0.900. The summed E-state index contributed by atoms with van der Waals surface area (Å²) in [5.41, 5.74) is 2.21. The summed E-state index contributed by atoms with van der Waals surface area (Å²) >= 11 is 7.32. The van der Waals surface area contributed by atoms with Crippen molar-refractivity contribution in [2.45, 2.75) is 13.2 Å². The molecule has 2 aromatic rings. The Kier molecular flexibility index (Phi) is 4.36. The molecule has 0 fully saturated rings. The lowest BCUT2D eigenvalue weighted by molar-refractivity contribution is 0.185. The molecule has 1 aromatic carbocycles. The standard InChI is InChI=1S/C12H13ClN2OS/c1-16-8-9-4-2-3-5-10(9)14-7-12-15-6-11(13)17-12/h2-6,14H,7-8H2,1H3. The van der Waals surface area contributed by atoms with Gasteiger partial charge in [-0.3, -0.25) is 0 Å². The fraction of sp³-hybridized carbons (Fsp3) is 0.250. The summed E-state index contributed by atoms with van der Waals surface area (Å²) in [5.74, 6) is 0. The van der Waals surface area contributed by atoms with E-state index in [9.17, 15) is 0 Å². The second kappa shape index (κ2) is 6.00. The van der Waals surface area contributed by atoms with Gasteiger partial charge in [-0.15, -0.1) is 11.3 Å². The minimum absolute atomic E-state index is 0.599. The molecular formula is C12H13ClN2OS. The Morgan fingerprint density at radius 2 is 2.24 bits per heavy atom. The molecule has 1 aromatic heterocycles. The van der Waals surface area contributed by atoms with Gasteiger partial charge in [0.05, 0.1) is 19.3 Å². The van der Waals surface area contributed by atoms with Gasteiger partial charge in [0.25, 0.3) is 0 Å². The van der Waals surface area contributed by atoms with E-state index in [-0.39, 0.29) is 0 Å². The maximum atomic E-state index is 5.83. The minimum atomic E-state index is 0.599. The molecule has 0 saturated heterocycles. The number of aromatic nitrogens is 1. The van der Waals surface area contributed by atoms with Crippen molar-refractivity contribution in [1.82, 2.24) is 4.98 Å². The molecule has 0 unspecified atom stereocenters. The van der Waals surface area contributed by atoms with E-state index < -0.39 is 0 Å². The Hall–Kier alpha value is -1.10. The van der Waals surface area contributed by atoms with E-state index in [1.54, 1.807) is 13.3 Å². The topological polar surface area (TPSA) is 34.1 Å². The van der Waals surface area contributed by atoms with Crippen LogP contribution in [0.3, 0.4) is 0 Å². The second-order valence-electron chi connectivity index (χ2n) is 3.50. The van der Waals surface area contributed by atoms with Gasteiger partial charge in [-0.05, 0) is 6.07 Å². The third-order valence-electron chi connectivity index (χ3n) is 2.27. The number of nitrogens with one attached hydrogen (secondary N) is 1. The summed E-state index contributed by atoms with van der Waals surface area (Å²) in [6.07, 6.45) is 1.67. The van der Waals surface area contributed by atoms with Gasteiger partial charge in [-0.1, -0.05) is 29.8 Å². The molecule has 2 rings (SSSR count). The van der Waals surface area contributed by atoms with Crippen LogP contribution in [0.1, 0.15) is 10.6 Å². The van der Waals surface area contributed by atoms with Crippen LogP contribution >= 0.6 is 22.9 Å². The molecule has 0 spiro atoms. The Morgan fingerprint density at radius 3 is 2.94 bits per heavy atom. The van der Waals surface area contributed by atoms with Crippen LogP contribution in [0, 0.1) is 0 Å². The van der Waals surface area contributed by atoms with Crippen LogP contribution in [0.4, 0.5) is 5.69 Å². The average Bonchev–Trinajstić information content (AvgIpc) is 2.74. The normalized spacial score (nSPS) is 10.5. The molecule has 3 nitrogen and oxygen atoms in total. The molecular weight excluding hydrogens is 256 g/mol. The predicted octanol–water partition coefficient (Wildman–Crippen LogP) is 3.56. The molecule has 1 N–H and O–H groups in total. The second-order valence-corrected chi connectivity index (χ2v) is 5.25. The molecule has 0 radical (unpaired) electrons. The third kappa shape index (κ3) is 3.43. The van der Waals surface area contributed by atoms with Crippen molar-refractivity contribution in [3.8, 4) is 0 Å². The van der Waals surface area contributed by atoms with Gasteiger partial charge in [0.15, 0.2) is 0 Å². The maximum absolute atomic E-state index is 5.83. The monoisotopic (exact) mass is 268 g/mol. The highest BCUT2D eigenvalue weighted by atomic mass is 35.5. The zero-order valence-corrected chi connectivity index (χ0v) is 11.0. The van der Waals surface area contributed by atoms with E-state index in [0.717, 1.165) is 16.3 Å². The largest absolute Gasteiger partial charge is 0.380 e. The number of ether oxygens (including phenoxy) is 1. The van der Waals surface area contributed by atoms with Crippen molar-refractivity contribution in [1.29, 1.82) is 0 Å². The van der Waals surface area contributed by atoms with Crippen molar-refractivity contribution in [3.63, 3.8) is 0 Å². The number of rotatable bonds is 5. The van der Waals surface area contributed by atoms with Crippen LogP contribution in [0.2, 0.25) is 4.34 Å². The van der Waals surface area contributed by atoms with Crippen molar-refractivity contribution in [3.05, 3.63) is 45.4 Å².